The average molecular weight is 413 g/mol. The summed E-state index contributed by atoms with van der Waals surface area (Å²) in [5, 5.41) is 6.88. The van der Waals surface area contributed by atoms with Crippen molar-refractivity contribution in [2.75, 3.05) is 13.1 Å². The van der Waals surface area contributed by atoms with E-state index in [1.54, 1.807) is 0 Å². The molecule has 0 aliphatic carbocycles. The highest BCUT2D eigenvalue weighted by molar-refractivity contribution is 7.11. The SMILES string of the molecule is CCNC(=NCc1ccccc1CN1CCCC1=O)NC(C)Cc1ccc(C)s1. The van der Waals surface area contributed by atoms with E-state index >= 15 is 0 Å². The molecule has 1 aliphatic rings. The molecule has 2 heterocycles. The Morgan fingerprint density at radius 2 is 2.03 bits per heavy atom. The molecular formula is C23H32N4OS. The number of aryl methyl sites for hydroxylation is 1. The van der Waals surface area contributed by atoms with Crippen molar-refractivity contribution >= 4 is 23.2 Å². The van der Waals surface area contributed by atoms with Gasteiger partial charge in [0, 0.05) is 48.3 Å². The Morgan fingerprint density at radius 1 is 1.24 bits per heavy atom. The first-order valence-electron chi connectivity index (χ1n) is 10.5. The summed E-state index contributed by atoms with van der Waals surface area (Å²) in [6.45, 7) is 9.37. The molecule has 0 radical (unpaired) electrons. The minimum atomic E-state index is 0.260. The molecule has 29 heavy (non-hydrogen) atoms. The van der Waals surface area contributed by atoms with Crippen LogP contribution in [-0.2, 0) is 24.3 Å². The molecule has 1 atom stereocenters. The molecule has 0 bridgehead atoms. The van der Waals surface area contributed by atoms with E-state index in [9.17, 15) is 4.79 Å². The lowest BCUT2D eigenvalue weighted by Gasteiger charge is -2.19. The number of nitrogens with zero attached hydrogens (tertiary/aromatic N) is 2. The van der Waals surface area contributed by atoms with Gasteiger partial charge in [-0.3, -0.25) is 4.79 Å². The molecule has 0 saturated carbocycles. The van der Waals surface area contributed by atoms with Crippen LogP contribution in [0.25, 0.3) is 0 Å². The summed E-state index contributed by atoms with van der Waals surface area (Å²) in [6, 6.07) is 13.0. The lowest BCUT2D eigenvalue weighted by molar-refractivity contribution is -0.128. The Balaban J connectivity index is 1.64. The fourth-order valence-corrected chi connectivity index (χ4v) is 4.63. The van der Waals surface area contributed by atoms with E-state index in [0.29, 0.717) is 25.6 Å². The number of guanidine groups is 1. The number of amides is 1. The first-order valence-corrected chi connectivity index (χ1v) is 11.3. The van der Waals surface area contributed by atoms with Gasteiger partial charge in [0.15, 0.2) is 5.96 Å². The number of benzene rings is 1. The average Bonchev–Trinajstić information content (AvgIpc) is 3.29. The molecule has 5 nitrogen and oxygen atoms in total. The summed E-state index contributed by atoms with van der Waals surface area (Å²) in [7, 11) is 0. The minimum absolute atomic E-state index is 0.260. The fourth-order valence-electron chi connectivity index (χ4n) is 3.61. The molecule has 0 spiro atoms. The molecule has 1 unspecified atom stereocenters. The van der Waals surface area contributed by atoms with Crippen molar-refractivity contribution in [1.82, 2.24) is 15.5 Å². The van der Waals surface area contributed by atoms with Crippen molar-refractivity contribution in [3.8, 4) is 0 Å². The summed E-state index contributed by atoms with van der Waals surface area (Å²) in [5.41, 5.74) is 2.36. The van der Waals surface area contributed by atoms with E-state index in [1.807, 2.05) is 28.4 Å². The van der Waals surface area contributed by atoms with Crippen molar-refractivity contribution in [1.29, 1.82) is 0 Å². The quantitative estimate of drug-likeness (QED) is 0.511. The highest BCUT2D eigenvalue weighted by atomic mass is 32.1. The topological polar surface area (TPSA) is 56.7 Å². The number of rotatable bonds is 8. The third kappa shape index (κ3) is 6.32. The van der Waals surface area contributed by atoms with Crippen LogP contribution in [0.4, 0.5) is 0 Å². The fraction of sp³-hybridized carbons (Fsp3) is 0.478. The van der Waals surface area contributed by atoms with Crippen molar-refractivity contribution in [3.05, 3.63) is 57.3 Å². The number of hydrogen-bond donors (Lipinski definition) is 2. The standard InChI is InChI=1S/C23H32N4OS/c1-4-24-23(26-17(2)14-21-12-11-18(3)29-21)25-15-19-8-5-6-9-20(19)16-27-13-7-10-22(27)28/h5-6,8-9,11-12,17H,4,7,10,13-16H2,1-3H3,(H2,24,25,26). The van der Waals surface area contributed by atoms with Crippen molar-refractivity contribution in [2.24, 2.45) is 4.99 Å². The predicted molar refractivity (Wildman–Crippen MR) is 121 cm³/mol. The van der Waals surface area contributed by atoms with Crippen LogP contribution in [-0.4, -0.2) is 35.9 Å². The molecular weight excluding hydrogens is 380 g/mol. The lowest BCUT2D eigenvalue weighted by Crippen LogP contribution is -2.43. The van der Waals surface area contributed by atoms with Gasteiger partial charge in [-0.15, -0.1) is 11.3 Å². The van der Waals surface area contributed by atoms with E-state index in [1.165, 1.54) is 20.9 Å². The van der Waals surface area contributed by atoms with Crippen LogP contribution in [0.2, 0.25) is 0 Å². The van der Waals surface area contributed by atoms with Gasteiger partial charge in [0.1, 0.15) is 0 Å². The summed E-state index contributed by atoms with van der Waals surface area (Å²) in [6.07, 6.45) is 2.63. The number of thiophene rings is 1. The third-order valence-corrected chi connectivity index (χ3v) is 6.11. The highest BCUT2D eigenvalue weighted by Gasteiger charge is 2.20. The number of carbonyl (C=O) groups excluding carboxylic acids is 1. The minimum Gasteiger partial charge on any atom is -0.357 e. The number of nitrogens with one attached hydrogen (secondary N) is 2. The maximum atomic E-state index is 12.0. The second-order valence-corrected chi connectivity index (χ2v) is 9.02. The van der Waals surface area contributed by atoms with Gasteiger partial charge in [0.25, 0.3) is 0 Å². The van der Waals surface area contributed by atoms with Gasteiger partial charge in [0.05, 0.1) is 6.54 Å². The van der Waals surface area contributed by atoms with Gasteiger partial charge in [-0.2, -0.15) is 0 Å². The zero-order valence-corrected chi connectivity index (χ0v) is 18.5. The number of likely N-dealkylation sites (tertiary alicyclic amines) is 1. The van der Waals surface area contributed by atoms with Crippen molar-refractivity contribution < 1.29 is 4.79 Å². The van der Waals surface area contributed by atoms with Gasteiger partial charge < -0.3 is 15.5 Å². The van der Waals surface area contributed by atoms with Crippen LogP contribution in [0.3, 0.4) is 0 Å². The molecule has 1 amide bonds. The molecule has 1 aromatic carbocycles. The molecule has 1 aliphatic heterocycles. The Hall–Kier alpha value is -2.34. The molecule has 6 heteroatoms. The highest BCUT2D eigenvalue weighted by Crippen LogP contribution is 2.18. The van der Waals surface area contributed by atoms with Crippen LogP contribution in [0.15, 0.2) is 41.4 Å². The van der Waals surface area contributed by atoms with Crippen LogP contribution in [0.1, 0.15) is 47.6 Å². The van der Waals surface area contributed by atoms with Crippen LogP contribution >= 0.6 is 11.3 Å². The summed E-state index contributed by atoms with van der Waals surface area (Å²) < 4.78 is 0. The Kier molecular flexibility index (Phi) is 7.69. The smallest absolute Gasteiger partial charge is 0.222 e. The maximum absolute atomic E-state index is 12.0. The van der Waals surface area contributed by atoms with E-state index in [0.717, 1.165) is 31.9 Å². The van der Waals surface area contributed by atoms with Crippen LogP contribution in [0.5, 0.6) is 0 Å². The monoisotopic (exact) mass is 412 g/mol. The van der Waals surface area contributed by atoms with E-state index < -0.39 is 0 Å². The Morgan fingerprint density at radius 3 is 2.69 bits per heavy atom. The molecule has 1 saturated heterocycles. The van der Waals surface area contributed by atoms with Gasteiger partial charge in [-0.05, 0) is 50.5 Å². The number of carbonyl (C=O) groups is 1. The number of aliphatic imine (C=N–C) groups is 1. The normalized spacial score (nSPS) is 15.6. The molecule has 2 aromatic rings. The molecule has 1 aromatic heterocycles. The summed E-state index contributed by atoms with van der Waals surface area (Å²) in [4.78, 5) is 21.5. The summed E-state index contributed by atoms with van der Waals surface area (Å²) in [5.74, 6) is 1.09. The lowest BCUT2D eigenvalue weighted by atomic mass is 10.1. The van der Waals surface area contributed by atoms with E-state index in [2.05, 4.69) is 55.7 Å². The van der Waals surface area contributed by atoms with Crippen molar-refractivity contribution in [2.45, 2.75) is 59.2 Å². The molecule has 1 fully saturated rings. The van der Waals surface area contributed by atoms with E-state index in [4.69, 9.17) is 4.99 Å². The van der Waals surface area contributed by atoms with E-state index in [-0.39, 0.29) is 5.91 Å². The summed E-state index contributed by atoms with van der Waals surface area (Å²) >= 11 is 1.85. The Labute approximate surface area is 178 Å². The zero-order valence-electron chi connectivity index (χ0n) is 17.7. The third-order valence-electron chi connectivity index (χ3n) is 5.09. The van der Waals surface area contributed by atoms with Crippen LogP contribution in [0, 0.1) is 6.92 Å². The molecule has 2 N–H and O–H groups in total. The maximum Gasteiger partial charge on any atom is 0.222 e. The van der Waals surface area contributed by atoms with Gasteiger partial charge in [-0.1, -0.05) is 24.3 Å². The van der Waals surface area contributed by atoms with Crippen molar-refractivity contribution in [3.63, 3.8) is 0 Å². The second-order valence-electron chi connectivity index (χ2n) is 7.64. The number of hydrogen-bond acceptors (Lipinski definition) is 3. The molecule has 156 valence electrons. The van der Waals surface area contributed by atoms with Gasteiger partial charge in [0.2, 0.25) is 5.91 Å². The first-order chi connectivity index (χ1) is 14.0. The van der Waals surface area contributed by atoms with Gasteiger partial charge >= 0.3 is 0 Å². The second kappa shape index (κ2) is 10.4. The first kappa shape index (κ1) is 21.4. The van der Waals surface area contributed by atoms with Crippen LogP contribution < -0.4 is 10.6 Å². The molecule has 3 rings (SSSR count). The largest absolute Gasteiger partial charge is 0.357 e. The Bertz CT molecular complexity index is 845. The predicted octanol–water partition coefficient (Wildman–Crippen LogP) is 3.87. The van der Waals surface area contributed by atoms with Gasteiger partial charge in [-0.25, -0.2) is 4.99 Å². The zero-order chi connectivity index (χ0) is 20.6.